The van der Waals surface area contributed by atoms with Crippen molar-refractivity contribution in [2.45, 2.75) is 18.4 Å². The largest absolute Gasteiger partial charge is 0.479 e. The molecule has 0 unspecified atom stereocenters. The molecule has 1 heterocycles. The molecule has 0 spiro atoms. The Labute approximate surface area is 178 Å². The quantitative estimate of drug-likeness (QED) is 0.667. The number of benzene rings is 3. The zero-order valence-corrected chi connectivity index (χ0v) is 16.6. The molecule has 1 N–H and O–H groups in total. The minimum atomic E-state index is -1.19. The third-order valence-corrected chi connectivity index (χ3v) is 6.14. The Hall–Kier alpha value is -3.67. The van der Waals surface area contributed by atoms with Gasteiger partial charge in [-0.2, -0.15) is 0 Å². The number of amides is 1. The first-order chi connectivity index (χ1) is 15.0. The van der Waals surface area contributed by atoms with Crippen LogP contribution in [0.1, 0.15) is 34.2 Å². The van der Waals surface area contributed by atoms with Crippen molar-refractivity contribution in [2.24, 2.45) is 0 Å². The van der Waals surface area contributed by atoms with Gasteiger partial charge in [0, 0.05) is 12.5 Å². The summed E-state index contributed by atoms with van der Waals surface area (Å²) < 4.78 is 19.2. The van der Waals surface area contributed by atoms with Crippen LogP contribution < -0.4 is 0 Å². The SMILES string of the molecule is O=C(O)[C@@H]1c2ccc(F)cc2CCN1C(=O)OCC1c2ccccc2-c2ccccc21. The lowest BCUT2D eigenvalue weighted by molar-refractivity contribution is -0.143. The number of rotatable bonds is 3. The van der Waals surface area contributed by atoms with Crippen molar-refractivity contribution >= 4 is 12.1 Å². The zero-order valence-electron chi connectivity index (χ0n) is 16.6. The fourth-order valence-electron chi connectivity index (χ4n) is 4.74. The number of carbonyl (C=O) groups is 2. The molecule has 1 atom stereocenters. The second kappa shape index (κ2) is 7.54. The summed E-state index contributed by atoms with van der Waals surface area (Å²) in [7, 11) is 0. The topological polar surface area (TPSA) is 66.8 Å². The first-order valence-corrected chi connectivity index (χ1v) is 10.2. The first-order valence-electron chi connectivity index (χ1n) is 10.2. The van der Waals surface area contributed by atoms with Crippen LogP contribution in [0, 0.1) is 5.82 Å². The maximum absolute atomic E-state index is 13.6. The minimum Gasteiger partial charge on any atom is -0.479 e. The second-order valence-electron chi connectivity index (χ2n) is 7.83. The number of carboxylic acids is 1. The summed E-state index contributed by atoms with van der Waals surface area (Å²) in [6.45, 7) is 0.274. The van der Waals surface area contributed by atoms with Gasteiger partial charge in [-0.25, -0.2) is 14.0 Å². The smallest absolute Gasteiger partial charge is 0.410 e. The van der Waals surface area contributed by atoms with E-state index in [0.717, 1.165) is 22.3 Å². The van der Waals surface area contributed by atoms with Gasteiger partial charge in [-0.1, -0.05) is 54.6 Å². The molecule has 0 aromatic heterocycles. The highest BCUT2D eigenvalue weighted by Crippen LogP contribution is 2.44. The third-order valence-electron chi connectivity index (χ3n) is 6.14. The predicted octanol–water partition coefficient (Wildman–Crippen LogP) is 4.76. The average molecular weight is 417 g/mol. The number of ether oxygens (including phenoxy) is 1. The summed E-state index contributed by atoms with van der Waals surface area (Å²) >= 11 is 0. The van der Waals surface area contributed by atoms with Crippen molar-refractivity contribution in [1.29, 1.82) is 0 Å². The van der Waals surface area contributed by atoms with Crippen LogP contribution in [-0.4, -0.2) is 35.2 Å². The Morgan fingerprint density at radius 2 is 1.61 bits per heavy atom. The Morgan fingerprint density at radius 3 is 2.26 bits per heavy atom. The lowest BCUT2D eigenvalue weighted by Gasteiger charge is -2.34. The molecule has 1 aliphatic heterocycles. The number of carbonyl (C=O) groups excluding carboxylic acids is 1. The Bertz CT molecular complexity index is 1150. The van der Waals surface area contributed by atoms with Crippen LogP contribution in [0.4, 0.5) is 9.18 Å². The highest BCUT2D eigenvalue weighted by Gasteiger charge is 2.38. The van der Waals surface area contributed by atoms with Gasteiger partial charge in [0.2, 0.25) is 0 Å². The van der Waals surface area contributed by atoms with E-state index >= 15 is 0 Å². The summed E-state index contributed by atoms with van der Waals surface area (Å²) in [6.07, 6.45) is -0.301. The summed E-state index contributed by atoms with van der Waals surface area (Å²) in [4.78, 5) is 26.1. The normalized spacial score (nSPS) is 16.9. The third kappa shape index (κ3) is 3.24. The Kier molecular flexibility index (Phi) is 4.70. The maximum Gasteiger partial charge on any atom is 0.410 e. The lowest BCUT2D eigenvalue weighted by atomic mass is 9.93. The summed E-state index contributed by atoms with van der Waals surface area (Å²) in [5, 5.41) is 9.77. The molecule has 5 rings (SSSR count). The van der Waals surface area contributed by atoms with Gasteiger partial charge in [0.15, 0.2) is 6.04 Å². The van der Waals surface area contributed by atoms with Crippen LogP contribution in [-0.2, 0) is 16.0 Å². The van der Waals surface area contributed by atoms with E-state index in [1.165, 1.54) is 23.1 Å². The molecule has 0 saturated carbocycles. The van der Waals surface area contributed by atoms with Crippen LogP contribution in [0.15, 0.2) is 66.7 Å². The highest BCUT2D eigenvalue weighted by atomic mass is 19.1. The number of aliphatic carboxylic acids is 1. The molecule has 2 aliphatic rings. The van der Waals surface area contributed by atoms with E-state index < -0.39 is 23.9 Å². The van der Waals surface area contributed by atoms with Crippen molar-refractivity contribution in [2.75, 3.05) is 13.2 Å². The van der Waals surface area contributed by atoms with Crippen molar-refractivity contribution in [3.63, 3.8) is 0 Å². The van der Waals surface area contributed by atoms with Gasteiger partial charge >= 0.3 is 12.1 Å². The molecular formula is C25H20FNO4. The van der Waals surface area contributed by atoms with Gasteiger partial charge in [0.05, 0.1) is 0 Å². The monoisotopic (exact) mass is 417 g/mol. The van der Waals surface area contributed by atoms with Crippen molar-refractivity contribution < 1.29 is 23.8 Å². The van der Waals surface area contributed by atoms with E-state index in [4.69, 9.17) is 4.74 Å². The van der Waals surface area contributed by atoms with Crippen LogP contribution in [0.2, 0.25) is 0 Å². The average Bonchev–Trinajstić information content (AvgIpc) is 3.10. The zero-order chi connectivity index (χ0) is 21.5. The number of halogens is 1. The summed E-state index contributed by atoms with van der Waals surface area (Å²) in [6, 6.07) is 18.8. The van der Waals surface area contributed by atoms with Crippen molar-refractivity contribution in [3.8, 4) is 11.1 Å². The van der Waals surface area contributed by atoms with Gasteiger partial charge in [-0.3, -0.25) is 4.90 Å². The van der Waals surface area contributed by atoms with E-state index in [1.807, 2.05) is 36.4 Å². The molecule has 31 heavy (non-hydrogen) atoms. The molecule has 156 valence electrons. The second-order valence-corrected chi connectivity index (χ2v) is 7.83. The predicted molar refractivity (Wildman–Crippen MR) is 112 cm³/mol. The molecule has 3 aromatic carbocycles. The molecule has 0 saturated heterocycles. The first kappa shape index (κ1) is 19.3. The van der Waals surface area contributed by atoms with Crippen LogP contribution in [0.5, 0.6) is 0 Å². The van der Waals surface area contributed by atoms with E-state index in [1.54, 1.807) is 0 Å². The van der Waals surface area contributed by atoms with Gasteiger partial charge in [0.1, 0.15) is 12.4 Å². The molecule has 1 aliphatic carbocycles. The van der Waals surface area contributed by atoms with Crippen LogP contribution in [0.3, 0.4) is 0 Å². The molecule has 1 amide bonds. The van der Waals surface area contributed by atoms with Crippen LogP contribution >= 0.6 is 0 Å². The fraction of sp³-hybridized carbons (Fsp3) is 0.200. The lowest BCUT2D eigenvalue weighted by Crippen LogP contribution is -2.44. The molecule has 3 aromatic rings. The number of hydrogen-bond donors (Lipinski definition) is 1. The summed E-state index contributed by atoms with van der Waals surface area (Å²) in [5.74, 6) is -1.69. The van der Waals surface area contributed by atoms with E-state index in [9.17, 15) is 19.1 Å². The van der Waals surface area contributed by atoms with Gasteiger partial charge < -0.3 is 9.84 Å². The molecule has 0 radical (unpaired) electrons. The van der Waals surface area contributed by atoms with Crippen molar-refractivity contribution in [1.82, 2.24) is 4.90 Å². The van der Waals surface area contributed by atoms with Gasteiger partial charge in [0.25, 0.3) is 0 Å². The highest BCUT2D eigenvalue weighted by molar-refractivity contribution is 5.83. The Balaban J connectivity index is 1.39. The number of carboxylic acid groups (broad SMARTS) is 1. The number of hydrogen-bond acceptors (Lipinski definition) is 3. The van der Waals surface area contributed by atoms with Gasteiger partial charge in [-0.05, 0) is 51.9 Å². The molecule has 0 fully saturated rings. The van der Waals surface area contributed by atoms with E-state index in [0.29, 0.717) is 17.5 Å². The van der Waals surface area contributed by atoms with Crippen molar-refractivity contribution in [3.05, 3.63) is 94.8 Å². The minimum absolute atomic E-state index is 0.106. The number of fused-ring (bicyclic) bond motifs is 4. The van der Waals surface area contributed by atoms with E-state index in [-0.39, 0.29) is 19.1 Å². The van der Waals surface area contributed by atoms with E-state index in [2.05, 4.69) is 12.1 Å². The fourth-order valence-corrected chi connectivity index (χ4v) is 4.74. The Morgan fingerprint density at radius 1 is 0.968 bits per heavy atom. The molecular weight excluding hydrogens is 397 g/mol. The molecule has 0 bridgehead atoms. The molecule has 5 nitrogen and oxygen atoms in total. The van der Waals surface area contributed by atoms with Gasteiger partial charge in [-0.15, -0.1) is 0 Å². The molecule has 6 heteroatoms. The standard InChI is InChI=1S/C25H20FNO4/c26-16-9-10-17-15(13-16)11-12-27(23(17)24(28)29)25(30)31-14-22-20-7-3-1-5-18(20)19-6-2-4-8-21(19)22/h1-10,13,22-23H,11-12,14H2,(H,28,29)/t23-/m0/s1. The van der Waals surface area contributed by atoms with Crippen LogP contribution in [0.25, 0.3) is 11.1 Å². The maximum atomic E-state index is 13.6. The summed E-state index contributed by atoms with van der Waals surface area (Å²) in [5.41, 5.74) is 5.45. The number of nitrogens with zero attached hydrogens (tertiary/aromatic N) is 1.